The maximum Gasteiger partial charge on any atom is 0.422 e. The van der Waals surface area contributed by atoms with Crippen LogP contribution in [0.25, 0.3) is 0 Å². The Labute approximate surface area is 79.7 Å². The van der Waals surface area contributed by atoms with Crippen LogP contribution >= 0.6 is 0 Å². The standard InChI is InChI=1S/C9H10F3NO/c1-6-3-4-13-8(7(6)2)14-5-9(10,11)12/h3-4H,5H2,1-2H3. The number of hydrogen-bond donors (Lipinski definition) is 0. The van der Waals surface area contributed by atoms with E-state index in [-0.39, 0.29) is 5.88 Å². The second-order valence-corrected chi connectivity index (χ2v) is 2.96. The number of ether oxygens (including phenoxy) is 1. The Bertz CT molecular complexity index is 322. The summed E-state index contributed by atoms with van der Waals surface area (Å²) in [6, 6.07) is 1.72. The fraction of sp³-hybridized carbons (Fsp3) is 0.444. The molecule has 0 unspecified atom stereocenters. The predicted molar refractivity (Wildman–Crippen MR) is 45.3 cm³/mol. The molecule has 78 valence electrons. The van der Waals surface area contributed by atoms with E-state index in [1.165, 1.54) is 6.20 Å². The van der Waals surface area contributed by atoms with E-state index in [9.17, 15) is 13.2 Å². The van der Waals surface area contributed by atoms with Crippen molar-refractivity contribution in [1.29, 1.82) is 0 Å². The quantitative estimate of drug-likeness (QED) is 0.740. The molecule has 0 fully saturated rings. The van der Waals surface area contributed by atoms with Crippen LogP contribution in [0.5, 0.6) is 5.88 Å². The summed E-state index contributed by atoms with van der Waals surface area (Å²) in [5.41, 5.74) is 1.49. The minimum atomic E-state index is -4.32. The molecule has 5 heteroatoms. The molecule has 0 saturated heterocycles. The zero-order chi connectivity index (χ0) is 10.8. The van der Waals surface area contributed by atoms with Crippen LogP contribution in [0.1, 0.15) is 11.1 Å². The van der Waals surface area contributed by atoms with Crippen molar-refractivity contribution in [3.63, 3.8) is 0 Å². The third kappa shape index (κ3) is 2.90. The highest BCUT2D eigenvalue weighted by atomic mass is 19.4. The second kappa shape index (κ2) is 3.86. The number of nitrogens with zero attached hydrogens (tertiary/aromatic N) is 1. The maximum atomic E-state index is 11.8. The Kier molecular flexibility index (Phi) is 2.98. The molecule has 0 bridgehead atoms. The van der Waals surface area contributed by atoms with Gasteiger partial charge in [0.15, 0.2) is 6.61 Å². The summed E-state index contributed by atoms with van der Waals surface area (Å²) in [6.07, 6.45) is -2.90. The zero-order valence-electron chi connectivity index (χ0n) is 7.85. The van der Waals surface area contributed by atoms with Gasteiger partial charge in [-0.25, -0.2) is 4.98 Å². The molecular weight excluding hydrogens is 195 g/mol. The van der Waals surface area contributed by atoms with Gasteiger partial charge in [0.1, 0.15) is 0 Å². The summed E-state index contributed by atoms with van der Waals surface area (Å²) in [4.78, 5) is 3.72. The SMILES string of the molecule is Cc1ccnc(OCC(F)(F)F)c1C. The lowest BCUT2D eigenvalue weighted by molar-refractivity contribution is -0.154. The third-order valence-electron chi connectivity index (χ3n) is 1.80. The van der Waals surface area contributed by atoms with Gasteiger partial charge in [-0.1, -0.05) is 0 Å². The van der Waals surface area contributed by atoms with Gasteiger partial charge in [-0.05, 0) is 25.5 Å². The molecule has 1 heterocycles. The van der Waals surface area contributed by atoms with Crippen molar-refractivity contribution in [3.05, 3.63) is 23.4 Å². The van der Waals surface area contributed by atoms with Crippen LogP contribution < -0.4 is 4.74 Å². The van der Waals surface area contributed by atoms with Gasteiger partial charge >= 0.3 is 6.18 Å². The highest BCUT2D eigenvalue weighted by Crippen LogP contribution is 2.21. The van der Waals surface area contributed by atoms with E-state index in [2.05, 4.69) is 9.72 Å². The minimum absolute atomic E-state index is 0.0438. The summed E-state index contributed by atoms with van der Waals surface area (Å²) >= 11 is 0. The largest absolute Gasteiger partial charge is 0.468 e. The molecule has 0 spiro atoms. The Morgan fingerprint density at radius 2 is 2.00 bits per heavy atom. The molecular formula is C9H10F3NO. The molecule has 1 rings (SSSR count). The topological polar surface area (TPSA) is 22.1 Å². The number of halogens is 3. The van der Waals surface area contributed by atoms with E-state index < -0.39 is 12.8 Å². The van der Waals surface area contributed by atoms with Crippen molar-refractivity contribution in [2.24, 2.45) is 0 Å². The molecule has 1 aromatic rings. The molecule has 14 heavy (non-hydrogen) atoms. The smallest absolute Gasteiger partial charge is 0.422 e. The van der Waals surface area contributed by atoms with E-state index >= 15 is 0 Å². The van der Waals surface area contributed by atoms with Crippen LogP contribution in [0.4, 0.5) is 13.2 Å². The van der Waals surface area contributed by atoms with E-state index in [0.29, 0.717) is 5.56 Å². The number of aromatic nitrogens is 1. The molecule has 2 nitrogen and oxygen atoms in total. The van der Waals surface area contributed by atoms with Gasteiger partial charge in [0.2, 0.25) is 5.88 Å². The summed E-state index contributed by atoms with van der Waals surface area (Å²) in [6.45, 7) is 2.16. The van der Waals surface area contributed by atoms with Crippen molar-refractivity contribution < 1.29 is 17.9 Å². The molecule has 0 atom stereocenters. The van der Waals surface area contributed by atoms with Crippen LogP contribution in [0, 0.1) is 13.8 Å². The van der Waals surface area contributed by atoms with Gasteiger partial charge in [0.05, 0.1) is 0 Å². The minimum Gasteiger partial charge on any atom is -0.468 e. The van der Waals surface area contributed by atoms with Gasteiger partial charge in [-0.15, -0.1) is 0 Å². The predicted octanol–water partition coefficient (Wildman–Crippen LogP) is 2.64. The summed E-state index contributed by atoms with van der Waals surface area (Å²) in [7, 11) is 0. The molecule has 0 radical (unpaired) electrons. The van der Waals surface area contributed by atoms with Gasteiger partial charge in [0.25, 0.3) is 0 Å². The number of hydrogen-bond acceptors (Lipinski definition) is 2. The van der Waals surface area contributed by atoms with Crippen molar-refractivity contribution >= 4 is 0 Å². The van der Waals surface area contributed by atoms with Crippen LogP contribution in [-0.4, -0.2) is 17.8 Å². The molecule has 0 aliphatic rings. The molecule has 0 N–H and O–H groups in total. The van der Waals surface area contributed by atoms with Crippen LogP contribution in [0.15, 0.2) is 12.3 Å². The average molecular weight is 205 g/mol. The Balaban J connectivity index is 2.73. The lowest BCUT2D eigenvalue weighted by Crippen LogP contribution is -2.20. The number of alkyl halides is 3. The van der Waals surface area contributed by atoms with Crippen LogP contribution in [0.2, 0.25) is 0 Å². The lowest BCUT2D eigenvalue weighted by atomic mass is 10.2. The summed E-state index contributed by atoms with van der Waals surface area (Å²) in [5.74, 6) is 0.0438. The van der Waals surface area contributed by atoms with Crippen LogP contribution in [0.3, 0.4) is 0 Å². The first-order chi connectivity index (χ1) is 6.40. The van der Waals surface area contributed by atoms with Gasteiger partial charge in [0, 0.05) is 11.8 Å². The number of aryl methyl sites for hydroxylation is 1. The van der Waals surface area contributed by atoms with Crippen molar-refractivity contribution in [1.82, 2.24) is 4.98 Å². The highest BCUT2D eigenvalue weighted by Gasteiger charge is 2.28. The monoisotopic (exact) mass is 205 g/mol. The third-order valence-corrected chi connectivity index (χ3v) is 1.80. The number of rotatable bonds is 2. The zero-order valence-corrected chi connectivity index (χ0v) is 7.85. The molecule has 0 aromatic carbocycles. The van der Waals surface area contributed by atoms with E-state index in [1.807, 2.05) is 0 Å². The fourth-order valence-electron chi connectivity index (χ4n) is 0.903. The van der Waals surface area contributed by atoms with Crippen LogP contribution in [-0.2, 0) is 0 Å². The Morgan fingerprint density at radius 3 is 2.57 bits per heavy atom. The molecule has 0 amide bonds. The maximum absolute atomic E-state index is 11.8. The van der Waals surface area contributed by atoms with E-state index in [0.717, 1.165) is 5.56 Å². The van der Waals surface area contributed by atoms with Gasteiger partial charge in [-0.3, -0.25) is 0 Å². The summed E-state index contributed by atoms with van der Waals surface area (Å²) in [5, 5.41) is 0. The van der Waals surface area contributed by atoms with E-state index in [1.54, 1.807) is 19.9 Å². The normalized spacial score (nSPS) is 11.5. The van der Waals surface area contributed by atoms with E-state index in [4.69, 9.17) is 0 Å². The fourth-order valence-corrected chi connectivity index (χ4v) is 0.903. The van der Waals surface area contributed by atoms with Crippen molar-refractivity contribution in [2.45, 2.75) is 20.0 Å². The van der Waals surface area contributed by atoms with Crippen molar-refractivity contribution in [2.75, 3.05) is 6.61 Å². The molecule has 0 aliphatic heterocycles. The van der Waals surface area contributed by atoms with Gasteiger partial charge in [-0.2, -0.15) is 13.2 Å². The van der Waals surface area contributed by atoms with Gasteiger partial charge < -0.3 is 4.74 Å². The average Bonchev–Trinajstić information content (AvgIpc) is 2.06. The molecule has 0 saturated carbocycles. The molecule has 0 aliphatic carbocycles. The Hall–Kier alpha value is -1.26. The second-order valence-electron chi connectivity index (χ2n) is 2.96. The first kappa shape index (κ1) is 10.8. The lowest BCUT2D eigenvalue weighted by Gasteiger charge is -2.10. The van der Waals surface area contributed by atoms with Crippen molar-refractivity contribution in [3.8, 4) is 5.88 Å². The first-order valence-electron chi connectivity index (χ1n) is 4.02. The first-order valence-corrected chi connectivity index (χ1v) is 4.02. The number of pyridine rings is 1. The Morgan fingerprint density at radius 1 is 1.36 bits per heavy atom. The highest BCUT2D eigenvalue weighted by molar-refractivity contribution is 5.31. The molecule has 1 aromatic heterocycles. The summed E-state index contributed by atoms with van der Waals surface area (Å²) < 4.78 is 40.0.